The number of anilines is 1. The number of aromatic nitrogens is 1. The number of aromatic carboxylic acids is 1. The number of pyridine rings is 1. The monoisotopic (exact) mass is 461 g/mol. The Morgan fingerprint density at radius 3 is 2.58 bits per heavy atom. The first-order chi connectivity index (χ1) is 15.9. The zero-order valence-corrected chi connectivity index (χ0v) is 18.2. The SMILES string of the molecule is Nc1ccc(/C=C/C(=O)NCCc2cc3cc(-c4ccc(C(=O)O)cc4)cc(Cl)c3o2)cn1. The van der Waals surface area contributed by atoms with Gasteiger partial charge in [0.05, 0.1) is 10.6 Å². The maximum Gasteiger partial charge on any atom is 0.335 e. The van der Waals surface area contributed by atoms with Crippen molar-refractivity contribution < 1.29 is 19.1 Å². The fourth-order valence-electron chi connectivity index (χ4n) is 3.31. The average Bonchev–Trinajstić information content (AvgIpc) is 3.22. The molecule has 0 bridgehead atoms. The van der Waals surface area contributed by atoms with Crippen LogP contribution in [-0.2, 0) is 11.2 Å². The lowest BCUT2D eigenvalue weighted by atomic mass is 10.0. The van der Waals surface area contributed by atoms with Crippen LogP contribution in [0.4, 0.5) is 5.82 Å². The van der Waals surface area contributed by atoms with Crippen LogP contribution in [0, 0.1) is 0 Å². The van der Waals surface area contributed by atoms with Gasteiger partial charge in [0.25, 0.3) is 0 Å². The van der Waals surface area contributed by atoms with Gasteiger partial charge in [-0.2, -0.15) is 0 Å². The number of furan rings is 1. The maximum atomic E-state index is 12.0. The average molecular weight is 462 g/mol. The van der Waals surface area contributed by atoms with Crippen LogP contribution in [0.2, 0.25) is 5.02 Å². The molecule has 4 N–H and O–H groups in total. The normalized spacial score (nSPS) is 11.2. The van der Waals surface area contributed by atoms with Gasteiger partial charge >= 0.3 is 5.97 Å². The summed E-state index contributed by atoms with van der Waals surface area (Å²) in [5.41, 5.74) is 8.81. The molecule has 0 aliphatic rings. The van der Waals surface area contributed by atoms with Crippen molar-refractivity contribution in [1.82, 2.24) is 10.3 Å². The molecular weight excluding hydrogens is 442 g/mol. The molecule has 2 heterocycles. The number of benzene rings is 2. The van der Waals surface area contributed by atoms with E-state index in [0.29, 0.717) is 35.1 Å². The molecule has 0 radical (unpaired) electrons. The van der Waals surface area contributed by atoms with Gasteiger partial charge in [-0.15, -0.1) is 0 Å². The summed E-state index contributed by atoms with van der Waals surface area (Å²) in [6.07, 6.45) is 5.18. The van der Waals surface area contributed by atoms with E-state index in [1.807, 2.05) is 12.1 Å². The zero-order chi connectivity index (χ0) is 23.4. The van der Waals surface area contributed by atoms with Crippen molar-refractivity contribution in [3.8, 4) is 11.1 Å². The molecule has 0 aliphatic heterocycles. The minimum atomic E-state index is -0.973. The number of nitrogens with one attached hydrogen (secondary N) is 1. The number of carbonyl (C=O) groups is 2. The maximum absolute atomic E-state index is 12.0. The number of carboxylic acid groups (broad SMARTS) is 1. The first kappa shape index (κ1) is 22.1. The van der Waals surface area contributed by atoms with Gasteiger partial charge in [0.2, 0.25) is 5.91 Å². The highest BCUT2D eigenvalue weighted by Crippen LogP contribution is 2.33. The Labute approximate surface area is 194 Å². The predicted molar refractivity (Wildman–Crippen MR) is 128 cm³/mol. The molecule has 0 aliphatic carbocycles. The van der Waals surface area contributed by atoms with E-state index in [4.69, 9.17) is 26.9 Å². The van der Waals surface area contributed by atoms with E-state index in [1.54, 1.807) is 54.7 Å². The summed E-state index contributed by atoms with van der Waals surface area (Å²) in [6.45, 7) is 0.393. The number of hydrogen-bond acceptors (Lipinski definition) is 5. The molecule has 0 atom stereocenters. The molecular formula is C25H20ClN3O4. The summed E-state index contributed by atoms with van der Waals surface area (Å²) in [6, 6.07) is 15.6. The summed E-state index contributed by atoms with van der Waals surface area (Å²) < 4.78 is 5.86. The summed E-state index contributed by atoms with van der Waals surface area (Å²) >= 11 is 6.42. The third-order valence-corrected chi connectivity index (χ3v) is 5.27. The van der Waals surface area contributed by atoms with Crippen LogP contribution in [-0.4, -0.2) is 28.5 Å². The van der Waals surface area contributed by atoms with Crippen LogP contribution in [0.25, 0.3) is 28.2 Å². The number of nitrogens with zero attached hydrogens (tertiary/aromatic N) is 1. The van der Waals surface area contributed by atoms with E-state index in [9.17, 15) is 9.59 Å². The molecule has 7 nitrogen and oxygen atoms in total. The quantitative estimate of drug-likeness (QED) is 0.340. The minimum Gasteiger partial charge on any atom is -0.478 e. The number of nitrogens with two attached hydrogens (primary N) is 1. The topological polar surface area (TPSA) is 118 Å². The Morgan fingerprint density at radius 1 is 1.09 bits per heavy atom. The highest BCUT2D eigenvalue weighted by Gasteiger charge is 2.11. The highest BCUT2D eigenvalue weighted by molar-refractivity contribution is 6.35. The molecule has 0 unspecified atom stereocenters. The van der Waals surface area contributed by atoms with E-state index in [-0.39, 0.29) is 11.5 Å². The van der Waals surface area contributed by atoms with Crippen molar-refractivity contribution >= 4 is 46.3 Å². The molecule has 166 valence electrons. The third kappa shape index (κ3) is 5.39. The highest BCUT2D eigenvalue weighted by atomic mass is 35.5. The standard InChI is InChI=1S/C25H20ClN3O4/c26-21-13-18(16-3-5-17(6-4-16)25(31)32)11-19-12-20(33-24(19)21)9-10-28-23(30)8-2-15-1-7-22(27)29-14-15/h1-8,11-14H,9-10H2,(H2,27,29)(H,28,30)(H,31,32)/b8-2+. The molecule has 0 saturated heterocycles. The molecule has 4 aromatic rings. The van der Waals surface area contributed by atoms with E-state index >= 15 is 0 Å². The van der Waals surface area contributed by atoms with Crippen LogP contribution < -0.4 is 11.1 Å². The Kier molecular flexibility index (Phi) is 6.42. The number of nitrogen functional groups attached to an aromatic ring is 1. The van der Waals surface area contributed by atoms with Crippen LogP contribution in [0.5, 0.6) is 0 Å². The lowest BCUT2D eigenvalue weighted by molar-refractivity contribution is -0.116. The Hall–Kier alpha value is -4.10. The molecule has 0 saturated carbocycles. The van der Waals surface area contributed by atoms with Gasteiger partial charge in [-0.3, -0.25) is 4.79 Å². The smallest absolute Gasteiger partial charge is 0.335 e. The summed E-state index contributed by atoms with van der Waals surface area (Å²) in [4.78, 5) is 27.1. The Morgan fingerprint density at radius 2 is 1.88 bits per heavy atom. The van der Waals surface area contributed by atoms with Crippen LogP contribution in [0.15, 0.2) is 71.3 Å². The van der Waals surface area contributed by atoms with Gasteiger partial charge in [0, 0.05) is 30.6 Å². The van der Waals surface area contributed by atoms with Crippen molar-refractivity contribution in [1.29, 1.82) is 0 Å². The van der Waals surface area contributed by atoms with Crippen LogP contribution in [0.3, 0.4) is 0 Å². The minimum absolute atomic E-state index is 0.221. The van der Waals surface area contributed by atoms with Crippen molar-refractivity contribution in [2.75, 3.05) is 12.3 Å². The van der Waals surface area contributed by atoms with Crippen molar-refractivity contribution in [3.05, 3.63) is 88.8 Å². The lowest BCUT2D eigenvalue weighted by Gasteiger charge is -2.04. The van der Waals surface area contributed by atoms with Crippen molar-refractivity contribution in [2.45, 2.75) is 6.42 Å². The van der Waals surface area contributed by atoms with Crippen LogP contribution in [0.1, 0.15) is 21.7 Å². The first-order valence-corrected chi connectivity index (χ1v) is 10.5. The van der Waals surface area contributed by atoms with E-state index in [2.05, 4.69) is 10.3 Å². The van der Waals surface area contributed by atoms with Gasteiger partial charge in [0.15, 0.2) is 5.58 Å². The second-order valence-electron chi connectivity index (χ2n) is 7.36. The zero-order valence-electron chi connectivity index (χ0n) is 17.4. The fraction of sp³-hybridized carbons (Fsp3) is 0.0800. The number of hydrogen-bond donors (Lipinski definition) is 3. The first-order valence-electron chi connectivity index (χ1n) is 10.1. The summed E-state index contributed by atoms with van der Waals surface area (Å²) in [7, 11) is 0. The number of halogens is 1. The molecule has 33 heavy (non-hydrogen) atoms. The number of fused-ring (bicyclic) bond motifs is 1. The largest absolute Gasteiger partial charge is 0.478 e. The van der Waals surface area contributed by atoms with Gasteiger partial charge in [-0.1, -0.05) is 23.7 Å². The molecule has 2 aromatic carbocycles. The Balaban J connectivity index is 1.40. The second-order valence-corrected chi connectivity index (χ2v) is 7.77. The van der Waals surface area contributed by atoms with E-state index in [0.717, 1.165) is 22.1 Å². The van der Waals surface area contributed by atoms with Gasteiger partial charge < -0.3 is 20.6 Å². The molecule has 2 aromatic heterocycles. The van der Waals surface area contributed by atoms with E-state index < -0.39 is 5.97 Å². The predicted octanol–water partition coefficient (Wildman–Crippen LogP) is 4.80. The van der Waals surface area contributed by atoms with Crippen molar-refractivity contribution in [3.63, 3.8) is 0 Å². The van der Waals surface area contributed by atoms with E-state index in [1.165, 1.54) is 6.08 Å². The number of amides is 1. The second kappa shape index (κ2) is 9.58. The number of carboxylic acids is 1. The Bertz CT molecular complexity index is 1340. The lowest BCUT2D eigenvalue weighted by Crippen LogP contribution is -2.23. The molecule has 0 spiro atoms. The van der Waals surface area contributed by atoms with Gasteiger partial charge in [-0.25, -0.2) is 9.78 Å². The van der Waals surface area contributed by atoms with Gasteiger partial charge in [-0.05, 0) is 65.2 Å². The summed E-state index contributed by atoms with van der Waals surface area (Å²) in [5.74, 6) is -0.0875. The van der Waals surface area contributed by atoms with Crippen molar-refractivity contribution in [2.24, 2.45) is 0 Å². The molecule has 1 amide bonds. The summed E-state index contributed by atoms with van der Waals surface area (Å²) in [5, 5.41) is 13.2. The molecule has 4 rings (SSSR count). The van der Waals surface area contributed by atoms with Gasteiger partial charge in [0.1, 0.15) is 11.6 Å². The third-order valence-electron chi connectivity index (χ3n) is 4.99. The van der Waals surface area contributed by atoms with Crippen LogP contribution >= 0.6 is 11.6 Å². The number of rotatable bonds is 7. The molecule has 8 heteroatoms. The fourth-order valence-corrected chi connectivity index (χ4v) is 3.58. The number of carbonyl (C=O) groups excluding carboxylic acids is 1. The molecule has 0 fully saturated rings.